The smallest absolute Gasteiger partial charge is 0.123 e. The van der Waals surface area contributed by atoms with Crippen molar-refractivity contribution in [2.75, 3.05) is 0 Å². The summed E-state index contributed by atoms with van der Waals surface area (Å²) >= 11 is 0. The molecule has 0 fully saturated rings. The van der Waals surface area contributed by atoms with Crippen molar-refractivity contribution in [2.45, 2.75) is 19.9 Å². The zero-order valence-electron chi connectivity index (χ0n) is 8.63. The summed E-state index contributed by atoms with van der Waals surface area (Å²) in [5, 5.41) is 0.944. The fourth-order valence-electron chi connectivity index (χ4n) is 1.67. The normalized spacial score (nSPS) is 10.0. The highest BCUT2D eigenvalue weighted by Gasteiger charge is 2.00. The summed E-state index contributed by atoms with van der Waals surface area (Å²) in [4.78, 5) is 0. The first kappa shape index (κ1) is 9.79. The van der Waals surface area contributed by atoms with E-state index in [4.69, 9.17) is 0 Å². The average molecular weight is 201 g/mol. The molecule has 76 valence electrons. The van der Waals surface area contributed by atoms with Gasteiger partial charge in [0, 0.05) is 30.1 Å². The van der Waals surface area contributed by atoms with Gasteiger partial charge in [-0.1, -0.05) is 0 Å². The molecule has 2 rings (SSSR count). The number of rotatable bonds is 2. The first-order valence-corrected chi connectivity index (χ1v) is 4.95. The topological polar surface area (TPSA) is 4.93 Å². The van der Waals surface area contributed by atoms with Gasteiger partial charge in [-0.15, -0.1) is 11.8 Å². The molecule has 0 aliphatic heterocycles. The highest BCUT2D eigenvalue weighted by atomic mass is 19.1. The Balaban J connectivity index is 2.31. The Kier molecular flexibility index (Phi) is 2.73. The molecule has 2 heteroatoms. The molecule has 1 aromatic carbocycles. The predicted octanol–water partition coefficient (Wildman–Crippen LogP) is 3.19. The van der Waals surface area contributed by atoms with Gasteiger partial charge in [-0.2, -0.15) is 0 Å². The van der Waals surface area contributed by atoms with Gasteiger partial charge >= 0.3 is 0 Å². The summed E-state index contributed by atoms with van der Waals surface area (Å²) in [5.41, 5.74) is 1.06. The van der Waals surface area contributed by atoms with Gasteiger partial charge in [-0.3, -0.25) is 0 Å². The first-order chi connectivity index (χ1) is 7.31. The number of benzene rings is 1. The number of hydrogen-bond acceptors (Lipinski definition) is 0. The quantitative estimate of drug-likeness (QED) is 0.657. The second-order valence-corrected chi connectivity index (χ2v) is 3.39. The van der Waals surface area contributed by atoms with Crippen LogP contribution in [0.3, 0.4) is 0 Å². The Morgan fingerprint density at radius 1 is 1.33 bits per heavy atom. The van der Waals surface area contributed by atoms with Crippen LogP contribution < -0.4 is 0 Å². The molecule has 0 atom stereocenters. The maximum atomic E-state index is 12.9. The third-order valence-electron chi connectivity index (χ3n) is 2.39. The molecule has 0 N–H and O–H groups in total. The minimum atomic E-state index is -0.186. The van der Waals surface area contributed by atoms with E-state index in [0.717, 1.165) is 23.9 Å². The van der Waals surface area contributed by atoms with Crippen molar-refractivity contribution in [1.82, 2.24) is 4.57 Å². The van der Waals surface area contributed by atoms with Crippen LogP contribution in [0.4, 0.5) is 4.39 Å². The highest BCUT2D eigenvalue weighted by molar-refractivity contribution is 5.80. The first-order valence-electron chi connectivity index (χ1n) is 4.95. The number of aryl methyl sites for hydroxylation is 1. The molecule has 0 amide bonds. The van der Waals surface area contributed by atoms with Crippen molar-refractivity contribution in [3.8, 4) is 11.8 Å². The van der Waals surface area contributed by atoms with Gasteiger partial charge in [0.15, 0.2) is 0 Å². The van der Waals surface area contributed by atoms with Crippen molar-refractivity contribution in [1.29, 1.82) is 0 Å². The largest absolute Gasteiger partial charge is 0.347 e. The third-order valence-corrected chi connectivity index (χ3v) is 2.39. The lowest BCUT2D eigenvalue weighted by Crippen LogP contribution is -1.94. The van der Waals surface area contributed by atoms with Gasteiger partial charge in [0.1, 0.15) is 5.82 Å². The van der Waals surface area contributed by atoms with Gasteiger partial charge in [-0.25, -0.2) is 4.39 Å². The molecule has 0 radical (unpaired) electrons. The monoisotopic (exact) mass is 201 g/mol. The molecule has 0 saturated heterocycles. The van der Waals surface area contributed by atoms with Crippen LogP contribution in [0.5, 0.6) is 0 Å². The summed E-state index contributed by atoms with van der Waals surface area (Å²) < 4.78 is 15.0. The van der Waals surface area contributed by atoms with E-state index in [1.807, 2.05) is 25.3 Å². The van der Waals surface area contributed by atoms with Crippen molar-refractivity contribution >= 4 is 10.9 Å². The summed E-state index contributed by atoms with van der Waals surface area (Å²) in [6.07, 6.45) is 2.80. The van der Waals surface area contributed by atoms with Crippen molar-refractivity contribution in [3.63, 3.8) is 0 Å². The number of hydrogen-bond donors (Lipinski definition) is 0. The Labute approximate surface area is 88.5 Å². The molecule has 1 heterocycles. The van der Waals surface area contributed by atoms with Crippen molar-refractivity contribution < 1.29 is 4.39 Å². The second kappa shape index (κ2) is 4.18. The Hall–Kier alpha value is -1.75. The van der Waals surface area contributed by atoms with Gasteiger partial charge in [0.05, 0.1) is 0 Å². The summed E-state index contributed by atoms with van der Waals surface area (Å²) in [6, 6.07) is 6.78. The van der Waals surface area contributed by atoms with Crippen LogP contribution in [0.15, 0.2) is 30.5 Å². The lowest BCUT2D eigenvalue weighted by Gasteiger charge is -2.01. The van der Waals surface area contributed by atoms with Crippen molar-refractivity contribution in [3.05, 3.63) is 36.3 Å². The van der Waals surface area contributed by atoms with Crippen LogP contribution in [0.2, 0.25) is 0 Å². The minimum absolute atomic E-state index is 0.186. The minimum Gasteiger partial charge on any atom is -0.347 e. The van der Waals surface area contributed by atoms with Crippen molar-refractivity contribution in [2.24, 2.45) is 0 Å². The van der Waals surface area contributed by atoms with E-state index in [9.17, 15) is 4.39 Å². The number of halogens is 1. The van der Waals surface area contributed by atoms with Gasteiger partial charge < -0.3 is 4.57 Å². The standard InChI is InChI=1S/C13H12FN/c1-2-3-4-8-15-9-7-11-10-12(14)5-6-13(11)15/h5-7,9-10H,4,8H2,1H3. The molecule has 0 aliphatic rings. The number of aromatic nitrogens is 1. The Bertz CT molecular complexity index is 528. The molecule has 0 bridgehead atoms. The van der Waals surface area contributed by atoms with E-state index in [2.05, 4.69) is 16.4 Å². The molecule has 1 nitrogen and oxygen atoms in total. The maximum absolute atomic E-state index is 12.9. The molecule has 15 heavy (non-hydrogen) atoms. The van der Waals surface area contributed by atoms with Crippen LogP contribution in [0.25, 0.3) is 10.9 Å². The molecular formula is C13H12FN. The number of fused-ring (bicyclic) bond motifs is 1. The van der Waals surface area contributed by atoms with Gasteiger partial charge in [-0.05, 0) is 31.2 Å². The highest BCUT2D eigenvalue weighted by Crippen LogP contribution is 2.17. The van der Waals surface area contributed by atoms with E-state index in [-0.39, 0.29) is 5.82 Å². The van der Waals surface area contributed by atoms with Crippen LogP contribution in [-0.4, -0.2) is 4.57 Å². The van der Waals surface area contributed by atoms with Gasteiger partial charge in [0.25, 0.3) is 0 Å². The van der Waals surface area contributed by atoms with Crippen LogP contribution >= 0.6 is 0 Å². The third kappa shape index (κ3) is 2.02. The van der Waals surface area contributed by atoms with Crippen LogP contribution in [0.1, 0.15) is 13.3 Å². The average Bonchev–Trinajstić information content (AvgIpc) is 2.61. The van der Waals surface area contributed by atoms with E-state index in [0.29, 0.717) is 0 Å². The molecule has 0 spiro atoms. The lowest BCUT2D eigenvalue weighted by molar-refractivity contribution is 0.629. The summed E-state index contributed by atoms with van der Waals surface area (Å²) in [5.74, 6) is 5.70. The molecule has 0 aliphatic carbocycles. The van der Waals surface area contributed by atoms with Crippen LogP contribution in [0, 0.1) is 17.7 Å². The molecule has 0 saturated carbocycles. The lowest BCUT2D eigenvalue weighted by atomic mass is 10.2. The fourth-order valence-corrected chi connectivity index (χ4v) is 1.67. The van der Waals surface area contributed by atoms with Gasteiger partial charge in [0.2, 0.25) is 0 Å². The van der Waals surface area contributed by atoms with E-state index in [1.54, 1.807) is 6.07 Å². The van der Waals surface area contributed by atoms with E-state index < -0.39 is 0 Å². The molecule has 1 aromatic heterocycles. The fraction of sp³-hybridized carbons (Fsp3) is 0.231. The predicted molar refractivity (Wildman–Crippen MR) is 60.0 cm³/mol. The Morgan fingerprint density at radius 3 is 3.00 bits per heavy atom. The van der Waals surface area contributed by atoms with E-state index in [1.165, 1.54) is 6.07 Å². The summed E-state index contributed by atoms with van der Waals surface area (Å²) in [7, 11) is 0. The second-order valence-electron chi connectivity index (χ2n) is 3.39. The Morgan fingerprint density at radius 2 is 2.20 bits per heavy atom. The molecule has 0 unspecified atom stereocenters. The zero-order valence-corrected chi connectivity index (χ0v) is 8.63. The summed E-state index contributed by atoms with van der Waals surface area (Å²) in [6.45, 7) is 2.69. The zero-order chi connectivity index (χ0) is 10.7. The maximum Gasteiger partial charge on any atom is 0.123 e. The SMILES string of the molecule is CC#CCCn1ccc2cc(F)ccc21. The van der Waals surface area contributed by atoms with E-state index >= 15 is 0 Å². The molecular weight excluding hydrogens is 189 g/mol. The number of nitrogens with zero attached hydrogens (tertiary/aromatic N) is 1. The molecule has 2 aromatic rings. The van der Waals surface area contributed by atoms with Crippen LogP contribution in [-0.2, 0) is 6.54 Å².